The highest BCUT2D eigenvalue weighted by atomic mass is 16.2. The molecule has 0 saturated carbocycles. The van der Waals surface area contributed by atoms with Gasteiger partial charge in [0.1, 0.15) is 0 Å². The third-order valence-corrected chi connectivity index (χ3v) is 3.97. The second kappa shape index (κ2) is 6.74. The van der Waals surface area contributed by atoms with E-state index >= 15 is 0 Å². The van der Waals surface area contributed by atoms with Gasteiger partial charge in [-0.2, -0.15) is 0 Å². The number of benzene rings is 1. The van der Waals surface area contributed by atoms with E-state index in [0.717, 1.165) is 38.1 Å². The molecule has 21 heavy (non-hydrogen) atoms. The van der Waals surface area contributed by atoms with Crippen molar-refractivity contribution in [1.29, 1.82) is 0 Å². The molecule has 2 heterocycles. The number of nitrogens with one attached hydrogen (secondary N) is 3. The number of amides is 1. The fraction of sp³-hybridized carbons (Fsp3) is 0.438. The molecule has 3 rings (SSSR count). The maximum atomic E-state index is 11.9. The monoisotopic (exact) mass is 286 g/mol. The Morgan fingerprint density at radius 1 is 1.24 bits per heavy atom. The van der Waals surface area contributed by atoms with Crippen LogP contribution in [-0.2, 0) is 11.2 Å². The van der Waals surface area contributed by atoms with Crippen molar-refractivity contribution in [2.24, 2.45) is 0 Å². The minimum atomic E-state index is 0.122. The van der Waals surface area contributed by atoms with Crippen molar-refractivity contribution in [3.63, 3.8) is 0 Å². The van der Waals surface area contributed by atoms with Gasteiger partial charge in [-0.15, -0.1) is 0 Å². The predicted molar refractivity (Wildman–Crippen MR) is 84.3 cm³/mol. The van der Waals surface area contributed by atoms with Gasteiger partial charge in [0.25, 0.3) is 0 Å². The highest BCUT2D eigenvalue weighted by Crippen LogP contribution is 2.17. The normalized spacial score (nSPS) is 16.2. The Morgan fingerprint density at radius 3 is 2.90 bits per heavy atom. The fourth-order valence-electron chi connectivity index (χ4n) is 2.80. The Hall–Kier alpha value is -1.85. The lowest BCUT2D eigenvalue weighted by atomic mass is 10.1. The molecule has 0 unspecified atom stereocenters. The summed E-state index contributed by atoms with van der Waals surface area (Å²) in [4.78, 5) is 17.4. The molecule has 0 bridgehead atoms. The average Bonchev–Trinajstić information content (AvgIpc) is 2.92. The summed E-state index contributed by atoms with van der Waals surface area (Å²) in [6, 6.07) is 8.26. The predicted octanol–water partition coefficient (Wildman–Crippen LogP) is 0.732. The minimum absolute atomic E-state index is 0.122. The van der Waals surface area contributed by atoms with E-state index < -0.39 is 0 Å². The quantitative estimate of drug-likeness (QED) is 0.759. The Kier molecular flexibility index (Phi) is 4.52. The molecule has 1 aliphatic rings. The summed E-state index contributed by atoms with van der Waals surface area (Å²) in [7, 11) is 0. The molecule has 5 heteroatoms. The van der Waals surface area contributed by atoms with Gasteiger partial charge in [-0.1, -0.05) is 18.2 Å². The molecule has 1 saturated heterocycles. The number of nitrogens with zero attached hydrogens (tertiary/aromatic N) is 1. The molecule has 0 radical (unpaired) electrons. The van der Waals surface area contributed by atoms with Gasteiger partial charge in [0, 0.05) is 49.8 Å². The van der Waals surface area contributed by atoms with Crippen LogP contribution in [0.3, 0.4) is 0 Å². The third kappa shape index (κ3) is 3.62. The zero-order chi connectivity index (χ0) is 14.5. The zero-order valence-corrected chi connectivity index (χ0v) is 12.2. The van der Waals surface area contributed by atoms with Gasteiger partial charge in [0.15, 0.2) is 0 Å². The van der Waals surface area contributed by atoms with E-state index in [-0.39, 0.29) is 5.91 Å². The highest BCUT2D eigenvalue weighted by molar-refractivity contribution is 5.83. The Balaban J connectivity index is 1.46. The van der Waals surface area contributed by atoms with Crippen molar-refractivity contribution in [1.82, 2.24) is 20.5 Å². The van der Waals surface area contributed by atoms with E-state index in [1.165, 1.54) is 10.9 Å². The van der Waals surface area contributed by atoms with Gasteiger partial charge < -0.3 is 15.6 Å². The molecule has 3 N–H and O–H groups in total. The van der Waals surface area contributed by atoms with Crippen LogP contribution in [0.4, 0.5) is 0 Å². The summed E-state index contributed by atoms with van der Waals surface area (Å²) in [6.07, 6.45) is 2.89. The Morgan fingerprint density at radius 2 is 2.05 bits per heavy atom. The Labute approximate surface area is 124 Å². The van der Waals surface area contributed by atoms with Crippen LogP contribution in [0.2, 0.25) is 0 Å². The van der Waals surface area contributed by atoms with E-state index in [1.807, 2.05) is 18.3 Å². The van der Waals surface area contributed by atoms with Crippen LogP contribution in [0.25, 0.3) is 10.9 Å². The largest absolute Gasteiger partial charge is 0.361 e. The van der Waals surface area contributed by atoms with Gasteiger partial charge in [-0.3, -0.25) is 9.69 Å². The molecule has 5 nitrogen and oxygen atoms in total. The molecule has 0 aliphatic carbocycles. The van der Waals surface area contributed by atoms with Gasteiger partial charge >= 0.3 is 0 Å². The summed E-state index contributed by atoms with van der Waals surface area (Å²) in [5, 5.41) is 7.55. The highest BCUT2D eigenvalue weighted by Gasteiger charge is 2.13. The summed E-state index contributed by atoms with van der Waals surface area (Å²) in [5.41, 5.74) is 2.41. The number of fused-ring (bicyclic) bond motifs is 1. The van der Waals surface area contributed by atoms with Crippen LogP contribution in [0.1, 0.15) is 5.56 Å². The van der Waals surface area contributed by atoms with Crippen molar-refractivity contribution >= 4 is 16.8 Å². The number of hydrogen-bond acceptors (Lipinski definition) is 3. The molecule has 1 amide bonds. The number of aromatic amines is 1. The summed E-state index contributed by atoms with van der Waals surface area (Å²) >= 11 is 0. The second-order valence-corrected chi connectivity index (χ2v) is 5.49. The van der Waals surface area contributed by atoms with Crippen LogP contribution in [0.5, 0.6) is 0 Å². The first-order chi connectivity index (χ1) is 10.3. The number of aromatic nitrogens is 1. The van der Waals surface area contributed by atoms with E-state index in [2.05, 4.69) is 32.7 Å². The van der Waals surface area contributed by atoms with Crippen molar-refractivity contribution in [3.8, 4) is 0 Å². The summed E-state index contributed by atoms with van der Waals surface area (Å²) < 4.78 is 0. The fourth-order valence-corrected chi connectivity index (χ4v) is 2.80. The maximum Gasteiger partial charge on any atom is 0.234 e. The van der Waals surface area contributed by atoms with Gasteiger partial charge in [-0.05, 0) is 18.1 Å². The minimum Gasteiger partial charge on any atom is -0.361 e. The summed E-state index contributed by atoms with van der Waals surface area (Å²) in [5.74, 6) is 0.122. The Bertz CT molecular complexity index is 601. The SMILES string of the molecule is O=C(CN1CCNCC1)NCCc1c[nH]c2ccccc12. The van der Waals surface area contributed by atoms with Crippen molar-refractivity contribution < 1.29 is 4.79 Å². The average molecular weight is 286 g/mol. The molecule has 112 valence electrons. The first kappa shape index (κ1) is 14.1. The molecular weight excluding hydrogens is 264 g/mol. The first-order valence-electron chi connectivity index (χ1n) is 7.58. The van der Waals surface area contributed by atoms with Crippen molar-refractivity contribution in [3.05, 3.63) is 36.0 Å². The van der Waals surface area contributed by atoms with Crippen LogP contribution < -0.4 is 10.6 Å². The van der Waals surface area contributed by atoms with Crippen molar-refractivity contribution in [2.45, 2.75) is 6.42 Å². The second-order valence-electron chi connectivity index (χ2n) is 5.49. The smallest absolute Gasteiger partial charge is 0.234 e. The van der Waals surface area contributed by atoms with E-state index in [9.17, 15) is 4.79 Å². The van der Waals surface area contributed by atoms with E-state index in [0.29, 0.717) is 13.1 Å². The lowest BCUT2D eigenvalue weighted by Gasteiger charge is -2.26. The molecule has 1 aromatic heterocycles. The standard InChI is InChI=1S/C16H22N4O/c21-16(12-20-9-7-17-8-10-20)18-6-5-13-11-19-15-4-2-1-3-14(13)15/h1-4,11,17,19H,5-10,12H2,(H,18,21). The number of para-hydroxylation sites is 1. The number of carbonyl (C=O) groups excluding carboxylic acids is 1. The number of carbonyl (C=O) groups is 1. The number of rotatable bonds is 5. The molecule has 1 fully saturated rings. The third-order valence-electron chi connectivity index (χ3n) is 3.97. The zero-order valence-electron chi connectivity index (χ0n) is 12.2. The molecule has 1 aliphatic heterocycles. The van der Waals surface area contributed by atoms with Crippen LogP contribution >= 0.6 is 0 Å². The topological polar surface area (TPSA) is 60.2 Å². The number of H-pyrrole nitrogens is 1. The summed E-state index contributed by atoms with van der Waals surface area (Å²) in [6.45, 7) is 5.05. The molecular formula is C16H22N4O. The molecule has 0 spiro atoms. The van der Waals surface area contributed by atoms with Crippen LogP contribution in [0, 0.1) is 0 Å². The molecule has 0 atom stereocenters. The lowest BCUT2D eigenvalue weighted by Crippen LogP contribution is -2.47. The van der Waals surface area contributed by atoms with Crippen LogP contribution in [0.15, 0.2) is 30.5 Å². The molecule has 2 aromatic rings. The van der Waals surface area contributed by atoms with Crippen LogP contribution in [-0.4, -0.2) is 55.1 Å². The van der Waals surface area contributed by atoms with Gasteiger partial charge in [0.2, 0.25) is 5.91 Å². The maximum absolute atomic E-state index is 11.9. The van der Waals surface area contributed by atoms with Gasteiger partial charge in [-0.25, -0.2) is 0 Å². The first-order valence-corrected chi connectivity index (χ1v) is 7.58. The van der Waals surface area contributed by atoms with Crippen molar-refractivity contribution in [2.75, 3.05) is 39.3 Å². The number of piperazine rings is 1. The number of hydrogen-bond donors (Lipinski definition) is 3. The van der Waals surface area contributed by atoms with E-state index in [4.69, 9.17) is 0 Å². The van der Waals surface area contributed by atoms with E-state index in [1.54, 1.807) is 0 Å². The van der Waals surface area contributed by atoms with Gasteiger partial charge in [0.05, 0.1) is 6.54 Å². The molecule has 1 aromatic carbocycles. The lowest BCUT2D eigenvalue weighted by molar-refractivity contribution is -0.122.